The molecule has 1 aliphatic heterocycles. The van der Waals surface area contributed by atoms with Crippen LogP contribution >= 0.6 is 27.7 Å². The third kappa shape index (κ3) is 4.57. The van der Waals surface area contributed by atoms with E-state index < -0.39 is 0 Å². The fourth-order valence-electron chi connectivity index (χ4n) is 2.78. The van der Waals surface area contributed by atoms with Crippen LogP contribution in [0.25, 0.3) is 11.4 Å². The number of carbonyl (C=O) groups excluding carboxylic acids is 1. The minimum absolute atomic E-state index is 0.0528. The summed E-state index contributed by atoms with van der Waals surface area (Å²) in [7, 11) is 0. The second-order valence-electron chi connectivity index (χ2n) is 5.94. The molecule has 3 rings (SSSR count). The number of hydrogen-bond acceptors (Lipinski definition) is 6. The first kappa shape index (κ1) is 19.2. The number of rotatable bonds is 7. The molecule has 7 nitrogen and oxygen atoms in total. The van der Waals surface area contributed by atoms with Gasteiger partial charge in [-0.05, 0) is 38.0 Å². The largest absolute Gasteiger partial charge is 0.507 e. The molecule has 0 saturated carbocycles. The topological polar surface area (TPSA) is 89.3 Å². The lowest BCUT2D eigenvalue weighted by atomic mass is 10.2. The molecule has 2 N–H and O–H groups in total. The summed E-state index contributed by atoms with van der Waals surface area (Å²) in [6.45, 7) is 3.94. The van der Waals surface area contributed by atoms with E-state index in [9.17, 15) is 9.90 Å². The number of halogens is 1. The Morgan fingerprint density at radius 1 is 1.50 bits per heavy atom. The van der Waals surface area contributed by atoms with Gasteiger partial charge in [0.1, 0.15) is 5.75 Å². The summed E-state index contributed by atoms with van der Waals surface area (Å²) >= 11 is 4.74. The molecule has 2 heterocycles. The number of nitrogens with one attached hydrogen (secondary N) is 1. The number of aromatic nitrogens is 3. The fourth-order valence-corrected chi connectivity index (χ4v) is 3.97. The van der Waals surface area contributed by atoms with E-state index in [0.29, 0.717) is 29.6 Å². The number of phenols is 1. The zero-order chi connectivity index (χ0) is 18.5. The van der Waals surface area contributed by atoms with Gasteiger partial charge in [-0.15, -0.1) is 10.2 Å². The SMILES string of the molecule is CCn1c(SCC(=O)NC[C@@H]2CCCO2)nnc1-c1cc(Br)ccc1O. The smallest absolute Gasteiger partial charge is 0.230 e. The summed E-state index contributed by atoms with van der Waals surface area (Å²) in [4.78, 5) is 12.1. The highest BCUT2D eigenvalue weighted by atomic mass is 79.9. The Balaban J connectivity index is 1.64. The van der Waals surface area contributed by atoms with E-state index in [1.54, 1.807) is 18.2 Å². The third-order valence-corrected chi connectivity index (χ3v) is 5.58. The van der Waals surface area contributed by atoms with E-state index >= 15 is 0 Å². The van der Waals surface area contributed by atoms with Crippen molar-refractivity contribution >= 4 is 33.6 Å². The van der Waals surface area contributed by atoms with Crippen LogP contribution in [-0.4, -0.2) is 50.8 Å². The van der Waals surface area contributed by atoms with E-state index in [1.807, 2.05) is 11.5 Å². The van der Waals surface area contributed by atoms with Crippen molar-refractivity contribution in [1.82, 2.24) is 20.1 Å². The minimum atomic E-state index is -0.0528. The molecule has 26 heavy (non-hydrogen) atoms. The Kier molecular flexibility index (Phi) is 6.55. The van der Waals surface area contributed by atoms with Crippen LogP contribution in [0, 0.1) is 0 Å². The number of thioether (sulfide) groups is 1. The summed E-state index contributed by atoms with van der Waals surface area (Å²) < 4.78 is 8.23. The third-order valence-electron chi connectivity index (χ3n) is 4.12. The number of hydrogen-bond donors (Lipinski definition) is 2. The molecule has 0 bridgehead atoms. The van der Waals surface area contributed by atoms with E-state index in [1.165, 1.54) is 11.8 Å². The van der Waals surface area contributed by atoms with Crippen molar-refractivity contribution in [2.45, 2.75) is 37.6 Å². The molecule has 1 amide bonds. The highest BCUT2D eigenvalue weighted by Gasteiger charge is 2.19. The van der Waals surface area contributed by atoms with E-state index in [2.05, 4.69) is 31.4 Å². The molecule has 1 aliphatic rings. The van der Waals surface area contributed by atoms with Gasteiger partial charge in [-0.1, -0.05) is 27.7 Å². The van der Waals surface area contributed by atoms with Gasteiger partial charge in [-0.3, -0.25) is 4.79 Å². The van der Waals surface area contributed by atoms with Crippen LogP contribution in [0.5, 0.6) is 5.75 Å². The molecule has 0 radical (unpaired) electrons. The van der Waals surface area contributed by atoms with E-state index in [4.69, 9.17) is 4.74 Å². The number of carbonyl (C=O) groups is 1. The molecular weight excluding hydrogens is 420 g/mol. The molecule has 1 aromatic carbocycles. The van der Waals surface area contributed by atoms with E-state index in [-0.39, 0.29) is 23.5 Å². The van der Waals surface area contributed by atoms with Crippen LogP contribution in [0.1, 0.15) is 19.8 Å². The average Bonchev–Trinajstić information content (AvgIpc) is 3.29. The number of nitrogens with zero attached hydrogens (tertiary/aromatic N) is 3. The van der Waals surface area contributed by atoms with Gasteiger partial charge in [0, 0.05) is 24.2 Å². The van der Waals surface area contributed by atoms with Crippen LogP contribution in [0.2, 0.25) is 0 Å². The molecule has 0 spiro atoms. The Labute approximate surface area is 164 Å². The molecule has 9 heteroatoms. The maximum Gasteiger partial charge on any atom is 0.230 e. The van der Waals surface area contributed by atoms with Gasteiger partial charge >= 0.3 is 0 Å². The van der Waals surface area contributed by atoms with Gasteiger partial charge in [-0.2, -0.15) is 0 Å². The van der Waals surface area contributed by atoms with Gasteiger partial charge in [0.2, 0.25) is 5.91 Å². The highest BCUT2D eigenvalue weighted by molar-refractivity contribution is 9.10. The predicted molar refractivity (Wildman–Crippen MR) is 103 cm³/mol. The van der Waals surface area contributed by atoms with Crippen LogP contribution in [0.4, 0.5) is 0 Å². The van der Waals surface area contributed by atoms with Gasteiger partial charge < -0.3 is 19.7 Å². The lowest BCUT2D eigenvalue weighted by Gasteiger charge is -2.11. The van der Waals surface area contributed by atoms with E-state index in [0.717, 1.165) is 23.9 Å². The van der Waals surface area contributed by atoms with Crippen molar-refractivity contribution in [2.75, 3.05) is 18.9 Å². The molecule has 140 valence electrons. The number of aromatic hydroxyl groups is 1. The minimum Gasteiger partial charge on any atom is -0.507 e. The fraction of sp³-hybridized carbons (Fsp3) is 0.471. The first-order chi connectivity index (χ1) is 12.6. The molecule has 0 unspecified atom stereocenters. The van der Waals surface area contributed by atoms with Gasteiger partial charge in [0.25, 0.3) is 0 Å². The Morgan fingerprint density at radius 2 is 2.35 bits per heavy atom. The summed E-state index contributed by atoms with van der Waals surface area (Å²) in [5, 5.41) is 22.1. The predicted octanol–water partition coefficient (Wildman–Crippen LogP) is 2.82. The molecular formula is C17H21BrN4O3S. The lowest BCUT2D eigenvalue weighted by molar-refractivity contribution is -0.119. The second kappa shape index (κ2) is 8.88. The molecule has 0 aliphatic carbocycles. The summed E-state index contributed by atoms with van der Waals surface area (Å²) in [6.07, 6.45) is 2.19. The van der Waals surface area contributed by atoms with Crippen molar-refractivity contribution in [2.24, 2.45) is 0 Å². The normalized spacial score (nSPS) is 16.8. The Morgan fingerprint density at radius 3 is 3.08 bits per heavy atom. The number of ether oxygens (including phenoxy) is 1. The van der Waals surface area contributed by atoms with Gasteiger partial charge in [0.05, 0.1) is 17.4 Å². The maximum absolute atomic E-state index is 12.1. The summed E-state index contributed by atoms with van der Waals surface area (Å²) in [5.74, 6) is 0.924. The average molecular weight is 441 g/mol. The van der Waals surface area contributed by atoms with Crippen LogP contribution < -0.4 is 5.32 Å². The molecule has 1 aromatic heterocycles. The second-order valence-corrected chi connectivity index (χ2v) is 7.80. The van der Waals surface area contributed by atoms with Crippen molar-refractivity contribution in [1.29, 1.82) is 0 Å². The first-order valence-corrected chi connectivity index (χ1v) is 10.3. The first-order valence-electron chi connectivity index (χ1n) is 8.51. The zero-order valence-electron chi connectivity index (χ0n) is 14.4. The van der Waals surface area contributed by atoms with Crippen molar-refractivity contribution < 1.29 is 14.6 Å². The number of phenolic OH excluding ortho intramolecular Hbond substituents is 1. The van der Waals surface area contributed by atoms with Gasteiger partial charge in [0.15, 0.2) is 11.0 Å². The van der Waals surface area contributed by atoms with Crippen molar-refractivity contribution in [3.05, 3.63) is 22.7 Å². The highest BCUT2D eigenvalue weighted by Crippen LogP contribution is 2.32. The standard InChI is InChI=1S/C17H21BrN4O3S/c1-2-22-16(13-8-11(18)5-6-14(13)23)20-21-17(22)26-10-15(24)19-9-12-4-3-7-25-12/h5-6,8,12,23H,2-4,7,9-10H2,1H3,(H,19,24)/t12-/m0/s1. The monoisotopic (exact) mass is 440 g/mol. The van der Waals surface area contributed by atoms with Crippen molar-refractivity contribution in [3.8, 4) is 17.1 Å². The summed E-state index contributed by atoms with van der Waals surface area (Å²) in [6, 6.07) is 5.17. The quantitative estimate of drug-likeness (QED) is 0.643. The molecule has 2 aromatic rings. The Hall–Kier alpha value is -1.58. The number of amides is 1. The molecule has 1 saturated heterocycles. The lowest BCUT2D eigenvalue weighted by Crippen LogP contribution is -2.32. The van der Waals surface area contributed by atoms with Crippen LogP contribution in [0.3, 0.4) is 0 Å². The van der Waals surface area contributed by atoms with Crippen LogP contribution in [0.15, 0.2) is 27.8 Å². The summed E-state index contributed by atoms with van der Waals surface area (Å²) in [5.41, 5.74) is 0.600. The maximum atomic E-state index is 12.1. The Bertz CT molecular complexity index is 777. The van der Waals surface area contributed by atoms with Gasteiger partial charge in [-0.25, -0.2) is 0 Å². The van der Waals surface area contributed by atoms with Crippen LogP contribution in [-0.2, 0) is 16.1 Å². The number of benzene rings is 1. The zero-order valence-corrected chi connectivity index (χ0v) is 16.8. The molecule has 1 fully saturated rings. The van der Waals surface area contributed by atoms with Crippen molar-refractivity contribution in [3.63, 3.8) is 0 Å². The molecule has 1 atom stereocenters.